The molecular formula is C14H11BrFN3O. The Bertz CT molecular complexity index is 703. The predicted octanol–water partition coefficient (Wildman–Crippen LogP) is 3.53. The van der Waals surface area contributed by atoms with Crippen molar-refractivity contribution in [2.75, 3.05) is 5.32 Å². The quantitative estimate of drug-likeness (QED) is 0.932. The Morgan fingerprint density at radius 2 is 2.25 bits per heavy atom. The van der Waals surface area contributed by atoms with E-state index in [2.05, 4.69) is 21.2 Å². The second kappa shape index (κ2) is 5.88. The van der Waals surface area contributed by atoms with E-state index >= 15 is 0 Å². The molecule has 0 saturated carbocycles. The first-order valence-electron chi connectivity index (χ1n) is 5.91. The number of hydrogen-bond donors (Lipinski definition) is 1. The summed E-state index contributed by atoms with van der Waals surface area (Å²) in [6, 6.07) is 7.32. The third-order valence-corrected chi connectivity index (χ3v) is 3.21. The van der Waals surface area contributed by atoms with Gasteiger partial charge in [-0.3, -0.25) is 4.79 Å². The molecule has 0 saturated heterocycles. The lowest BCUT2D eigenvalue weighted by Crippen LogP contribution is -2.16. The fourth-order valence-electron chi connectivity index (χ4n) is 1.81. The van der Waals surface area contributed by atoms with Gasteiger partial charge in [0.2, 0.25) is 0 Å². The van der Waals surface area contributed by atoms with E-state index in [1.165, 1.54) is 12.1 Å². The number of aromatic nitrogens is 1. The summed E-state index contributed by atoms with van der Waals surface area (Å²) in [5, 5.41) is 11.4. The molecule has 2 aromatic rings. The Hall–Kier alpha value is -2.13. The third kappa shape index (κ3) is 2.89. The summed E-state index contributed by atoms with van der Waals surface area (Å²) < 4.78 is 15.8. The lowest BCUT2D eigenvalue weighted by Gasteiger charge is -2.08. The van der Waals surface area contributed by atoms with Gasteiger partial charge in [-0.05, 0) is 47.1 Å². The molecular weight excluding hydrogens is 325 g/mol. The SMILES string of the molecule is CCn1cc(Br)cc1C(=O)Nc1ccc(F)c(C#N)c1. The van der Waals surface area contributed by atoms with Crippen LogP contribution >= 0.6 is 15.9 Å². The number of carbonyl (C=O) groups is 1. The molecule has 1 aromatic heterocycles. The number of aryl methyl sites for hydroxylation is 1. The van der Waals surface area contributed by atoms with Crippen LogP contribution in [0.4, 0.5) is 10.1 Å². The van der Waals surface area contributed by atoms with Crippen molar-refractivity contribution < 1.29 is 9.18 Å². The molecule has 1 aromatic carbocycles. The van der Waals surface area contributed by atoms with E-state index in [9.17, 15) is 9.18 Å². The van der Waals surface area contributed by atoms with Gasteiger partial charge in [-0.1, -0.05) is 0 Å². The molecule has 0 spiro atoms. The molecule has 0 aliphatic heterocycles. The van der Waals surface area contributed by atoms with Crippen LogP contribution in [-0.2, 0) is 6.54 Å². The number of carbonyl (C=O) groups excluding carboxylic acids is 1. The van der Waals surface area contributed by atoms with Crippen LogP contribution in [-0.4, -0.2) is 10.5 Å². The lowest BCUT2D eigenvalue weighted by atomic mass is 10.2. The maximum absolute atomic E-state index is 13.2. The van der Waals surface area contributed by atoms with Crippen LogP contribution in [0.1, 0.15) is 23.0 Å². The third-order valence-electron chi connectivity index (χ3n) is 2.78. The van der Waals surface area contributed by atoms with Crippen LogP contribution in [0.15, 0.2) is 34.9 Å². The molecule has 0 radical (unpaired) electrons. The largest absolute Gasteiger partial charge is 0.343 e. The monoisotopic (exact) mass is 335 g/mol. The molecule has 1 heterocycles. The molecule has 0 bridgehead atoms. The van der Waals surface area contributed by atoms with E-state index in [4.69, 9.17) is 5.26 Å². The first-order chi connectivity index (χ1) is 9.55. The Balaban J connectivity index is 2.26. The minimum absolute atomic E-state index is 0.102. The zero-order valence-electron chi connectivity index (χ0n) is 10.7. The number of nitriles is 1. The fourth-order valence-corrected chi connectivity index (χ4v) is 2.27. The average molecular weight is 336 g/mol. The highest BCUT2D eigenvalue weighted by Crippen LogP contribution is 2.18. The molecule has 20 heavy (non-hydrogen) atoms. The van der Waals surface area contributed by atoms with Crippen LogP contribution < -0.4 is 5.32 Å². The van der Waals surface area contributed by atoms with Crippen LogP contribution in [0.2, 0.25) is 0 Å². The zero-order valence-corrected chi connectivity index (χ0v) is 12.2. The van der Waals surface area contributed by atoms with Crippen LogP contribution in [0.3, 0.4) is 0 Å². The Morgan fingerprint density at radius 3 is 2.90 bits per heavy atom. The lowest BCUT2D eigenvalue weighted by molar-refractivity contribution is 0.101. The van der Waals surface area contributed by atoms with E-state index in [-0.39, 0.29) is 11.5 Å². The van der Waals surface area contributed by atoms with Crippen LogP contribution in [0.5, 0.6) is 0 Å². The summed E-state index contributed by atoms with van der Waals surface area (Å²) in [4.78, 5) is 12.2. The Labute approximate surface area is 124 Å². The van der Waals surface area contributed by atoms with Crippen molar-refractivity contribution in [3.05, 3.63) is 52.0 Å². The number of rotatable bonds is 3. The highest BCUT2D eigenvalue weighted by Gasteiger charge is 2.13. The van der Waals surface area contributed by atoms with Crippen molar-refractivity contribution in [1.82, 2.24) is 4.57 Å². The van der Waals surface area contributed by atoms with Gasteiger partial charge in [0.05, 0.1) is 5.56 Å². The number of nitrogens with one attached hydrogen (secondary N) is 1. The second-order valence-corrected chi connectivity index (χ2v) is 5.01. The van der Waals surface area contributed by atoms with E-state index in [1.54, 1.807) is 22.9 Å². The van der Waals surface area contributed by atoms with Gasteiger partial charge < -0.3 is 9.88 Å². The van der Waals surface area contributed by atoms with Gasteiger partial charge in [0.15, 0.2) is 0 Å². The summed E-state index contributed by atoms with van der Waals surface area (Å²) in [5.74, 6) is -0.918. The molecule has 102 valence electrons. The van der Waals surface area contributed by atoms with Gasteiger partial charge >= 0.3 is 0 Å². The van der Waals surface area contributed by atoms with E-state index in [0.29, 0.717) is 17.9 Å². The summed E-state index contributed by atoms with van der Waals surface area (Å²) in [7, 11) is 0. The normalized spacial score (nSPS) is 10.1. The topological polar surface area (TPSA) is 57.8 Å². The first kappa shape index (κ1) is 14.3. The maximum Gasteiger partial charge on any atom is 0.272 e. The minimum Gasteiger partial charge on any atom is -0.343 e. The molecule has 1 N–H and O–H groups in total. The molecule has 0 fully saturated rings. The molecule has 0 unspecified atom stereocenters. The van der Waals surface area contributed by atoms with E-state index in [1.807, 2.05) is 6.92 Å². The molecule has 6 heteroatoms. The number of nitrogens with zero attached hydrogens (tertiary/aromatic N) is 2. The first-order valence-corrected chi connectivity index (χ1v) is 6.71. The highest BCUT2D eigenvalue weighted by molar-refractivity contribution is 9.10. The van der Waals surface area contributed by atoms with Gasteiger partial charge in [0.25, 0.3) is 5.91 Å². The summed E-state index contributed by atoms with van der Waals surface area (Å²) in [6.45, 7) is 2.58. The Morgan fingerprint density at radius 1 is 1.50 bits per heavy atom. The van der Waals surface area contributed by atoms with Gasteiger partial charge in [0.1, 0.15) is 17.6 Å². The van der Waals surface area contributed by atoms with Crippen LogP contribution in [0, 0.1) is 17.1 Å². The number of halogens is 2. The van der Waals surface area contributed by atoms with E-state index < -0.39 is 5.82 Å². The van der Waals surface area contributed by atoms with Gasteiger partial charge in [-0.25, -0.2) is 4.39 Å². The van der Waals surface area contributed by atoms with Crippen molar-refractivity contribution >= 4 is 27.5 Å². The Kier molecular flexibility index (Phi) is 4.20. The summed E-state index contributed by atoms with van der Waals surface area (Å²) in [6.07, 6.45) is 1.81. The fraction of sp³-hybridized carbons (Fsp3) is 0.143. The van der Waals surface area contributed by atoms with Gasteiger partial charge in [-0.2, -0.15) is 5.26 Å². The van der Waals surface area contributed by atoms with Gasteiger partial charge in [-0.15, -0.1) is 0 Å². The average Bonchev–Trinajstić information content (AvgIpc) is 2.82. The number of hydrogen-bond acceptors (Lipinski definition) is 2. The van der Waals surface area contributed by atoms with Gasteiger partial charge in [0, 0.05) is 22.9 Å². The second-order valence-electron chi connectivity index (χ2n) is 4.09. The number of benzene rings is 1. The van der Waals surface area contributed by atoms with Crippen molar-refractivity contribution in [3.63, 3.8) is 0 Å². The minimum atomic E-state index is -0.606. The maximum atomic E-state index is 13.2. The molecule has 2 rings (SSSR count). The number of amides is 1. The van der Waals surface area contributed by atoms with Crippen LogP contribution in [0.25, 0.3) is 0 Å². The standard InChI is InChI=1S/C14H11BrFN3O/c1-2-19-8-10(15)6-13(19)14(20)18-11-3-4-12(16)9(5-11)7-17/h3-6,8H,2H2,1H3,(H,18,20). The van der Waals surface area contributed by atoms with E-state index in [0.717, 1.165) is 10.5 Å². The number of anilines is 1. The smallest absolute Gasteiger partial charge is 0.272 e. The highest BCUT2D eigenvalue weighted by atomic mass is 79.9. The van der Waals surface area contributed by atoms with Crippen molar-refractivity contribution in [2.45, 2.75) is 13.5 Å². The molecule has 0 aliphatic rings. The zero-order chi connectivity index (χ0) is 14.7. The molecule has 0 aliphatic carbocycles. The van der Waals surface area contributed by atoms with Crippen molar-refractivity contribution in [3.8, 4) is 6.07 Å². The van der Waals surface area contributed by atoms with Crippen molar-refractivity contribution in [2.24, 2.45) is 0 Å². The predicted molar refractivity (Wildman–Crippen MR) is 76.9 cm³/mol. The molecule has 4 nitrogen and oxygen atoms in total. The molecule has 1 amide bonds. The molecule has 0 atom stereocenters. The van der Waals surface area contributed by atoms with Crippen molar-refractivity contribution in [1.29, 1.82) is 5.26 Å². The summed E-state index contributed by atoms with van der Waals surface area (Å²) >= 11 is 3.32. The summed E-state index contributed by atoms with van der Waals surface area (Å²) in [5.41, 5.74) is 0.769.